The third kappa shape index (κ3) is 17.4. The van der Waals surface area contributed by atoms with Crippen LogP contribution in [0, 0.1) is 0 Å². The Kier molecular flexibility index (Phi) is 26.3. The summed E-state index contributed by atoms with van der Waals surface area (Å²) in [6, 6.07) is 34.4. The maximum atomic E-state index is 13.7. The van der Waals surface area contributed by atoms with Gasteiger partial charge in [-0.1, -0.05) is 131 Å². The molecule has 0 saturated carbocycles. The van der Waals surface area contributed by atoms with Crippen molar-refractivity contribution in [3.63, 3.8) is 0 Å². The zero-order valence-corrected chi connectivity index (χ0v) is 44.0. The molecule has 3 unspecified atom stereocenters. The predicted molar refractivity (Wildman–Crippen MR) is 277 cm³/mol. The van der Waals surface area contributed by atoms with Crippen LogP contribution in [-0.4, -0.2) is 77.5 Å². The molecule has 0 aromatic heterocycles. The van der Waals surface area contributed by atoms with Gasteiger partial charge in [0, 0.05) is 18.5 Å². The molecule has 0 bridgehead atoms. The highest BCUT2D eigenvalue weighted by atomic mass is 31.2. The molecule has 5 rings (SSSR count). The molecule has 5 aromatic carbocycles. The quantitative estimate of drug-likeness (QED) is 0.0279. The van der Waals surface area contributed by atoms with Crippen LogP contribution in [0.5, 0.6) is 34.5 Å². The number of carbonyl (C=O) groups is 3. The minimum atomic E-state index is -3.15. The van der Waals surface area contributed by atoms with Gasteiger partial charge in [0.1, 0.15) is 64.6 Å². The van der Waals surface area contributed by atoms with Gasteiger partial charge in [-0.25, -0.2) is 0 Å². The minimum absolute atomic E-state index is 0.220. The second-order valence-corrected chi connectivity index (χ2v) is 21.3. The molecular formula is C54H68O12P3. The Morgan fingerprint density at radius 3 is 1.36 bits per heavy atom. The van der Waals surface area contributed by atoms with Crippen LogP contribution in [0.1, 0.15) is 107 Å². The summed E-state index contributed by atoms with van der Waals surface area (Å²) in [6.45, 7) is 4.21. The molecule has 0 heterocycles. The van der Waals surface area contributed by atoms with Crippen molar-refractivity contribution in [1.29, 1.82) is 0 Å². The number of hydrogen-bond acceptors (Lipinski definition) is 12. The van der Waals surface area contributed by atoms with Crippen LogP contribution in [0.4, 0.5) is 0 Å². The van der Waals surface area contributed by atoms with Crippen molar-refractivity contribution in [1.82, 2.24) is 0 Å². The second kappa shape index (κ2) is 31.5. The van der Waals surface area contributed by atoms with Gasteiger partial charge >= 0.3 is 0 Å². The van der Waals surface area contributed by atoms with Crippen LogP contribution >= 0.6 is 23.4 Å². The number of ketones is 1. The number of methoxy groups -OCH3 is 6. The summed E-state index contributed by atoms with van der Waals surface area (Å²) in [5.41, 5.74) is 1.35. The molecule has 5 aromatic rings. The third-order valence-electron chi connectivity index (χ3n) is 11.1. The van der Waals surface area contributed by atoms with Crippen molar-refractivity contribution in [2.75, 3.05) is 55.0 Å². The summed E-state index contributed by atoms with van der Waals surface area (Å²) < 4.78 is 69.1. The average Bonchev–Trinajstić information content (AvgIpc) is 3.39. The molecule has 69 heavy (non-hydrogen) atoms. The number of carbonyl (C=O) groups excluding carboxylic acids is 3. The first-order chi connectivity index (χ1) is 33.4. The molecule has 1 radical (unpaired) electrons. The summed E-state index contributed by atoms with van der Waals surface area (Å²) in [5.74, 6) is 2.21. The monoisotopic (exact) mass is 1000 g/mol. The molecule has 15 heteroatoms. The fraction of sp³-hybridized carbons (Fsp3) is 0.389. The lowest BCUT2D eigenvalue weighted by Crippen LogP contribution is -2.19. The molecule has 0 N–H and O–H groups in total. The van der Waals surface area contributed by atoms with Crippen LogP contribution in [0.15, 0.2) is 115 Å². The van der Waals surface area contributed by atoms with Gasteiger partial charge in [0.2, 0.25) is 11.0 Å². The molecular weight excluding hydrogens is 934 g/mol. The van der Waals surface area contributed by atoms with E-state index in [1.165, 1.54) is 61.9 Å². The fourth-order valence-electron chi connectivity index (χ4n) is 7.41. The third-order valence-corrected chi connectivity index (χ3v) is 16.1. The van der Waals surface area contributed by atoms with Crippen molar-refractivity contribution in [3.8, 4) is 34.5 Å². The highest BCUT2D eigenvalue weighted by Crippen LogP contribution is 2.55. The number of benzene rings is 5. The maximum absolute atomic E-state index is 13.7. The van der Waals surface area contributed by atoms with Crippen LogP contribution in [0.25, 0.3) is 0 Å². The van der Waals surface area contributed by atoms with E-state index >= 15 is 0 Å². The van der Waals surface area contributed by atoms with Crippen molar-refractivity contribution < 1.29 is 56.5 Å². The highest BCUT2D eigenvalue weighted by molar-refractivity contribution is 7.80. The van der Waals surface area contributed by atoms with Crippen LogP contribution in [0.3, 0.4) is 0 Å². The molecule has 371 valence electrons. The van der Waals surface area contributed by atoms with Gasteiger partial charge in [-0.05, 0) is 66.8 Å². The van der Waals surface area contributed by atoms with Gasteiger partial charge in [-0.2, -0.15) is 0 Å². The van der Waals surface area contributed by atoms with Crippen LogP contribution < -0.4 is 28.4 Å². The normalized spacial score (nSPS) is 12.1. The van der Waals surface area contributed by atoms with E-state index in [1.54, 1.807) is 54.6 Å². The van der Waals surface area contributed by atoms with E-state index < -0.39 is 20.6 Å². The van der Waals surface area contributed by atoms with E-state index in [1.807, 2.05) is 67.6 Å². The van der Waals surface area contributed by atoms with Gasteiger partial charge in [-0.3, -0.25) is 23.5 Å². The lowest BCUT2D eigenvalue weighted by molar-refractivity contribution is 0.0980. The Labute approximate surface area is 411 Å². The van der Waals surface area contributed by atoms with Crippen molar-refractivity contribution >= 4 is 40.2 Å². The number of rotatable bonds is 27. The van der Waals surface area contributed by atoms with E-state index in [9.17, 15) is 28.1 Å². The summed E-state index contributed by atoms with van der Waals surface area (Å²) in [7, 11) is 3.66. The Morgan fingerprint density at radius 2 is 0.928 bits per heavy atom. The minimum Gasteiger partial charge on any atom is -0.496 e. The second-order valence-electron chi connectivity index (χ2n) is 15.9. The molecule has 0 aliphatic rings. The Balaban J connectivity index is 0.000000275. The van der Waals surface area contributed by atoms with Gasteiger partial charge in [0.05, 0.1) is 42.7 Å². The Hall–Kier alpha value is -5.66. The molecule has 3 atom stereocenters. The van der Waals surface area contributed by atoms with E-state index in [0.29, 0.717) is 64.4 Å². The largest absolute Gasteiger partial charge is 0.496 e. The maximum Gasteiger partial charge on any atom is 0.249 e. The Morgan fingerprint density at radius 1 is 0.522 bits per heavy atom. The van der Waals surface area contributed by atoms with Gasteiger partial charge < -0.3 is 33.0 Å². The zero-order valence-electron chi connectivity index (χ0n) is 41.3. The summed E-state index contributed by atoms with van der Waals surface area (Å²) in [5, 5.41) is 0. The van der Waals surface area contributed by atoms with Gasteiger partial charge in [0.25, 0.3) is 0 Å². The Bertz CT molecular complexity index is 2380. The SMILES string of the molecule is CCCCCCCC[P](=O)C(=O)c1c(OC)cccc1OC.CCCCP(=O)(Cc1ccccc1)C(=O)c1c(OC)cccc1OC.COc1cccc(OC)c1C(=O)C(Cc1ccccc1)P=O. The van der Waals surface area contributed by atoms with Crippen LogP contribution in [-0.2, 0) is 26.3 Å². The van der Waals surface area contributed by atoms with E-state index in [0.717, 1.165) is 43.2 Å². The number of hydrogen-bond donors (Lipinski definition) is 0. The zero-order chi connectivity index (χ0) is 50.6. The van der Waals surface area contributed by atoms with Gasteiger partial charge in [-0.15, -0.1) is 0 Å². The lowest BCUT2D eigenvalue weighted by atomic mass is 10.0. The van der Waals surface area contributed by atoms with Crippen molar-refractivity contribution in [2.45, 2.75) is 83.5 Å². The number of Topliss-reactive ketones (excluding diaryl/α,β-unsaturated/α-hetero) is 1. The number of unbranched alkanes of at least 4 members (excludes halogenated alkanes) is 6. The van der Waals surface area contributed by atoms with Gasteiger partial charge in [0.15, 0.2) is 21.4 Å². The predicted octanol–water partition coefficient (Wildman–Crippen LogP) is 14.0. The molecule has 0 aliphatic carbocycles. The molecule has 0 fully saturated rings. The molecule has 0 spiro atoms. The first-order valence-electron chi connectivity index (χ1n) is 23.1. The van der Waals surface area contributed by atoms with E-state index in [-0.39, 0.29) is 37.0 Å². The summed E-state index contributed by atoms with van der Waals surface area (Å²) in [6.07, 6.45) is 9.75. The van der Waals surface area contributed by atoms with Crippen LogP contribution in [0.2, 0.25) is 0 Å². The molecule has 0 saturated heterocycles. The summed E-state index contributed by atoms with van der Waals surface area (Å²) in [4.78, 5) is 38.5. The average molecular weight is 1000 g/mol. The highest BCUT2D eigenvalue weighted by Gasteiger charge is 2.36. The number of ether oxygens (including phenoxy) is 6. The molecule has 0 aliphatic heterocycles. The fourth-order valence-corrected chi connectivity index (χ4v) is 11.9. The van der Waals surface area contributed by atoms with E-state index in [4.69, 9.17) is 28.4 Å². The van der Waals surface area contributed by atoms with Crippen molar-refractivity contribution in [3.05, 3.63) is 143 Å². The van der Waals surface area contributed by atoms with E-state index in [2.05, 4.69) is 6.92 Å². The smallest absolute Gasteiger partial charge is 0.249 e. The molecule has 0 amide bonds. The first-order valence-corrected chi connectivity index (χ1v) is 27.5. The standard InChI is InChI=1S/C20H25O4P.C17H17O4P.C17H26O4P/c1-4-5-14-25(22,15-16-10-7-6-8-11-16)20(21)19-17(23-2)12-9-13-18(19)24-3;1-20-13-9-6-10-14(21-2)16(13)17(18)15(22-19)11-12-7-4-3-5-8-12;1-4-5-6-7-8-9-13-22(19)17(18)16-14(20-2)11-10-12-15(16)21-3/h6-13H,4-5,14-15H2,1-3H3;3-10,15H,11H2,1-2H3;10-12H,4-9,13H2,1-3H3. The molecule has 12 nitrogen and oxygen atoms in total. The lowest BCUT2D eigenvalue weighted by Gasteiger charge is -2.20. The summed E-state index contributed by atoms with van der Waals surface area (Å²) >= 11 is 0. The topological polar surface area (TPSA) is 158 Å². The first kappa shape index (κ1) is 57.7. The van der Waals surface area contributed by atoms with Crippen molar-refractivity contribution in [2.24, 2.45) is 0 Å².